The molecule has 2 aromatic carbocycles. The molecule has 1 aromatic heterocycles. The van der Waals surface area contributed by atoms with Gasteiger partial charge in [-0.25, -0.2) is 9.37 Å². The molecule has 0 saturated heterocycles. The van der Waals surface area contributed by atoms with Crippen molar-refractivity contribution in [1.82, 2.24) is 4.98 Å². The van der Waals surface area contributed by atoms with Crippen LogP contribution in [0.3, 0.4) is 0 Å². The number of carbonyl (C=O) groups is 1. The van der Waals surface area contributed by atoms with Crippen LogP contribution in [-0.4, -0.2) is 21.9 Å². The highest BCUT2D eigenvalue weighted by molar-refractivity contribution is 7.22. The summed E-state index contributed by atoms with van der Waals surface area (Å²) in [5, 5.41) is 14.2. The summed E-state index contributed by atoms with van der Waals surface area (Å²) in [5.41, 5.74) is 1.09. The number of fused-ring (bicyclic) bond motifs is 1. The van der Waals surface area contributed by atoms with Crippen molar-refractivity contribution in [2.75, 3.05) is 5.32 Å². The third-order valence-corrected chi connectivity index (χ3v) is 4.48. The van der Waals surface area contributed by atoms with Gasteiger partial charge in [0.1, 0.15) is 11.9 Å². The zero-order valence-corrected chi connectivity index (χ0v) is 14.1. The molecule has 6 heteroatoms. The van der Waals surface area contributed by atoms with Crippen molar-refractivity contribution in [3.05, 3.63) is 59.4 Å². The van der Waals surface area contributed by atoms with Crippen molar-refractivity contribution in [3.63, 3.8) is 0 Å². The first-order chi connectivity index (χ1) is 11.5. The zero-order chi connectivity index (χ0) is 17.3. The van der Waals surface area contributed by atoms with E-state index in [0.717, 1.165) is 15.3 Å². The number of carbonyl (C=O) groups excluding carboxylic acids is 1. The Bertz CT molecular complexity index is 892. The van der Waals surface area contributed by atoms with Crippen molar-refractivity contribution in [2.45, 2.75) is 26.0 Å². The standard InChI is InChI=1S/C18H17FN2O2S/c1-10(2)20-18-21-14-8-7-11(9-15(14)24-18)16(22)17(23)12-5-3-4-6-13(12)19/h3-10,17,23H,1-2H3,(H,20,21). The minimum Gasteiger partial charge on any atom is -0.380 e. The van der Waals surface area contributed by atoms with Crippen LogP contribution in [-0.2, 0) is 0 Å². The Hall–Kier alpha value is -2.31. The molecule has 1 unspecified atom stereocenters. The number of anilines is 1. The van der Waals surface area contributed by atoms with E-state index in [0.29, 0.717) is 5.56 Å². The second-order valence-electron chi connectivity index (χ2n) is 5.79. The van der Waals surface area contributed by atoms with E-state index in [1.807, 2.05) is 13.8 Å². The molecule has 2 N–H and O–H groups in total. The molecule has 0 saturated carbocycles. The number of hydrogen-bond donors (Lipinski definition) is 2. The maximum absolute atomic E-state index is 13.8. The molecule has 0 fully saturated rings. The van der Waals surface area contributed by atoms with Gasteiger partial charge in [0.25, 0.3) is 0 Å². The van der Waals surface area contributed by atoms with Crippen LogP contribution < -0.4 is 5.32 Å². The largest absolute Gasteiger partial charge is 0.380 e. The van der Waals surface area contributed by atoms with Gasteiger partial charge in [-0.2, -0.15) is 0 Å². The Morgan fingerprint density at radius 3 is 2.71 bits per heavy atom. The average Bonchev–Trinajstić information content (AvgIpc) is 2.94. The van der Waals surface area contributed by atoms with Crippen molar-refractivity contribution in [1.29, 1.82) is 0 Å². The molecule has 0 bridgehead atoms. The number of aliphatic hydroxyl groups excluding tert-OH is 1. The Morgan fingerprint density at radius 1 is 1.25 bits per heavy atom. The maximum Gasteiger partial charge on any atom is 0.195 e. The summed E-state index contributed by atoms with van der Waals surface area (Å²) >= 11 is 1.44. The Labute approximate surface area is 143 Å². The zero-order valence-electron chi connectivity index (χ0n) is 13.3. The topological polar surface area (TPSA) is 62.2 Å². The first-order valence-electron chi connectivity index (χ1n) is 7.59. The predicted octanol–water partition coefficient (Wildman–Crippen LogP) is 4.17. The lowest BCUT2D eigenvalue weighted by Gasteiger charge is -2.10. The van der Waals surface area contributed by atoms with Crippen molar-refractivity contribution in [2.24, 2.45) is 0 Å². The maximum atomic E-state index is 13.8. The normalized spacial score (nSPS) is 12.5. The SMILES string of the molecule is CC(C)Nc1nc2ccc(C(=O)C(O)c3ccccc3F)cc2s1. The minimum absolute atomic E-state index is 0.0194. The summed E-state index contributed by atoms with van der Waals surface area (Å²) in [6.45, 7) is 4.04. The third kappa shape index (κ3) is 3.29. The second-order valence-corrected chi connectivity index (χ2v) is 6.82. The van der Waals surface area contributed by atoms with Crippen LogP contribution in [0.1, 0.15) is 35.9 Å². The van der Waals surface area contributed by atoms with E-state index < -0.39 is 17.7 Å². The van der Waals surface area contributed by atoms with Crippen LogP contribution in [0.4, 0.5) is 9.52 Å². The van der Waals surface area contributed by atoms with E-state index in [1.165, 1.54) is 29.5 Å². The van der Waals surface area contributed by atoms with Crippen LogP contribution in [0.2, 0.25) is 0 Å². The number of thiazole rings is 1. The van der Waals surface area contributed by atoms with Gasteiger partial charge in [0.2, 0.25) is 0 Å². The van der Waals surface area contributed by atoms with E-state index in [4.69, 9.17) is 0 Å². The Balaban J connectivity index is 1.91. The fraction of sp³-hybridized carbons (Fsp3) is 0.222. The summed E-state index contributed by atoms with van der Waals surface area (Å²) in [6.07, 6.45) is -1.52. The van der Waals surface area contributed by atoms with Crippen LogP contribution >= 0.6 is 11.3 Å². The molecule has 124 valence electrons. The lowest BCUT2D eigenvalue weighted by molar-refractivity contribution is 0.0740. The van der Waals surface area contributed by atoms with Crippen molar-refractivity contribution >= 4 is 32.5 Å². The highest BCUT2D eigenvalue weighted by atomic mass is 32.1. The smallest absolute Gasteiger partial charge is 0.195 e. The van der Waals surface area contributed by atoms with Gasteiger partial charge in [-0.1, -0.05) is 29.5 Å². The number of hydrogen-bond acceptors (Lipinski definition) is 5. The van der Waals surface area contributed by atoms with Gasteiger partial charge in [-0.05, 0) is 38.1 Å². The number of aliphatic hydroxyl groups is 1. The molecule has 0 aliphatic carbocycles. The van der Waals surface area contributed by atoms with Gasteiger partial charge in [-0.15, -0.1) is 0 Å². The number of halogens is 1. The number of benzene rings is 2. The van der Waals surface area contributed by atoms with Gasteiger partial charge in [0, 0.05) is 17.2 Å². The van der Waals surface area contributed by atoms with E-state index >= 15 is 0 Å². The van der Waals surface area contributed by atoms with Gasteiger partial charge < -0.3 is 10.4 Å². The lowest BCUT2D eigenvalue weighted by atomic mass is 9.99. The van der Waals surface area contributed by atoms with Crippen molar-refractivity contribution < 1.29 is 14.3 Å². The monoisotopic (exact) mass is 344 g/mol. The first-order valence-corrected chi connectivity index (χ1v) is 8.41. The number of ketones is 1. The van der Waals surface area contributed by atoms with E-state index in [1.54, 1.807) is 24.3 Å². The summed E-state index contributed by atoms with van der Waals surface area (Å²) < 4.78 is 14.6. The van der Waals surface area contributed by atoms with Gasteiger partial charge >= 0.3 is 0 Å². The number of nitrogens with zero attached hydrogens (tertiary/aromatic N) is 1. The first kappa shape index (κ1) is 16.5. The fourth-order valence-electron chi connectivity index (χ4n) is 2.38. The molecular weight excluding hydrogens is 327 g/mol. The van der Waals surface area contributed by atoms with Gasteiger partial charge in [0.05, 0.1) is 10.2 Å². The number of nitrogens with one attached hydrogen (secondary N) is 1. The van der Waals surface area contributed by atoms with Gasteiger partial charge in [-0.3, -0.25) is 4.79 Å². The van der Waals surface area contributed by atoms with Crippen LogP contribution in [0.5, 0.6) is 0 Å². The lowest BCUT2D eigenvalue weighted by Crippen LogP contribution is -2.13. The summed E-state index contributed by atoms with van der Waals surface area (Å²) in [6, 6.07) is 11.0. The number of Topliss-reactive ketones (excluding diaryl/α,β-unsaturated/α-hetero) is 1. The quantitative estimate of drug-likeness (QED) is 0.682. The number of rotatable bonds is 5. The molecular formula is C18H17FN2O2S. The van der Waals surface area contributed by atoms with Crippen molar-refractivity contribution in [3.8, 4) is 0 Å². The average molecular weight is 344 g/mol. The van der Waals surface area contributed by atoms with Crippen LogP contribution in [0.25, 0.3) is 10.2 Å². The minimum atomic E-state index is -1.52. The second kappa shape index (κ2) is 6.67. The highest BCUT2D eigenvalue weighted by Gasteiger charge is 2.22. The Kier molecular flexibility index (Phi) is 4.59. The molecule has 24 heavy (non-hydrogen) atoms. The summed E-state index contributed by atoms with van der Waals surface area (Å²) in [5.74, 6) is -1.13. The molecule has 0 amide bonds. The van der Waals surface area contributed by atoms with Crippen LogP contribution in [0.15, 0.2) is 42.5 Å². The fourth-order valence-corrected chi connectivity index (χ4v) is 3.43. The summed E-state index contributed by atoms with van der Waals surface area (Å²) in [4.78, 5) is 16.9. The molecule has 0 radical (unpaired) electrons. The Morgan fingerprint density at radius 2 is 2.00 bits per heavy atom. The van der Waals surface area contributed by atoms with E-state index in [-0.39, 0.29) is 11.6 Å². The molecule has 3 aromatic rings. The van der Waals surface area contributed by atoms with Crippen LogP contribution in [0, 0.1) is 5.82 Å². The molecule has 0 aliphatic heterocycles. The molecule has 4 nitrogen and oxygen atoms in total. The number of aromatic nitrogens is 1. The van der Waals surface area contributed by atoms with Gasteiger partial charge in [0.15, 0.2) is 10.9 Å². The third-order valence-electron chi connectivity index (χ3n) is 3.53. The predicted molar refractivity (Wildman–Crippen MR) is 94.1 cm³/mol. The molecule has 1 atom stereocenters. The molecule has 1 heterocycles. The molecule has 0 aliphatic rings. The van der Waals surface area contributed by atoms with E-state index in [9.17, 15) is 14.3 Å². The summed E-state index contributed by atoms with van der Waals surface area (Å²) in [7, 11) is 0. The molecule has 0 spiro atoms. The highest BCUT2D eigenvalue weighted by Crippen LogP contribution is 2.29. The van der Waals surface area contributed by atoms with E-state index in [2.05, 4.69) is 10.3 Å². The molecule has 3 rings (SSSR count).